The highest BCUT2D eigenvalue weighted by molar-refractivity contribution is 9.10. The Bertz CT molecular complexity index is 572. The molecule has 0 heterocycles. The SMILES string of the molecule is CC1Cc2ccccc2CCc2cc(Br)ccc21. The maximum absolute atomic E-state index is 3.59. The summed E-state index contributed by atoms with van der Waals surface area (Å²) < 4.78 is 1.20. The van der Waals surface area contributed by atoms with Gasteiger partial charge in [-0.15, -0.1) is 0 Å². The molecule has 0 radical (unpaired) electrons. The topological polar surface area (TPSA) is 0 Å². The fourth-order valence-corrected chi connectivity index (χ4v) is 3.39. The first-order chi connectivity index (χ1) is 8.74. The number of hydrogen-bond donors (Lipinski definition) is 0. The van der Waals surface area contributed by atoms with E-state index in [1.165, 1.54) is 26.7 Å². The van der Waals surface area contributed by atoms with Gasteiger partial charge in [0.15, 0.2) is 0 Å². The predicted molar refractivity (Wildman–Crippen MR) is 80.1 cm³/mol. The Morgan fingerprint density at radius 2 is 1.67 bits per heavy atom. The highest BCUT2D eigenvalue weighted by Crippen LogP contribution is 2.31. The maximum Gasteiger partial charge on any atom is 0.0178 e. The summed E-state index contributed by atoms with van der Waals surface area (Å²) in [7, 11) is 0. The van der Waals surface area contributed by atoms with Gasteiger partial charge in [0.25, 0.3) is 0 Å². The average Bonchev–Trinajstić information content (AvgIpc) is 2.36. The van der Waals surface area contributed by atoms with Crippen LogP contribution < -0.4 is 0 Å². The minimum atomic E-state index is 0.606. The number of aryl methyl sites for hydroxylation is 2. The molecule has 2 aromatic rings. The molecular formula is C17H17Br. The first-order valence-electron chi connectivity index (χ1n) is 6.59. The van der Waals surface area contributed by atoms with Crippen LogP contribution in [0.3, 0.4) is 0 Å². The van der Waals surface area contributed by atoms with E-state index in [0.29, 0.717) is 5.92 Å². The molecule has 0 aromatic heterocycles. The lowest BCUT2D eigenvalue weighted by Gasteiger charge is -2.22. The van der Waals surface area contributed by atoms with Crippen LogP contribution >= 0.6 is 15.9 Å². The predicted octanol–water partition coefficient (Wildman–Crippen LogP) is 4.89. The van der Waals surface area contributed by atoms with Crippen molar-refractivity contribution in [1.82, 2.24) is 0 Å². The third-order valence-electron chi connectivity index (χ3n) is 3.94. The van der Waals surface area contributed by atoms with Crippen molar-refractivity contribution in [3.8, 4) is 0 Å². The summed E-state index contributed by atoms with van der Waals surface area (Å²) in [5.74, 6) is 0.606. The van der Waals surface area contributed by atoms with Gasteiger partial charge in [0.05, 0.1) is 0 Å². The van der Waals surface area contributed by atoms with Gasteiger partial charge in [-0.05, 0) is 59.6 Å². The Morgan fingerprint density at radius 1 is 0.944 bits per heavy atom. The second-order valence-corrected chi connectivity index (χ2v) is 6.13. The van der Waals surface area contributed by atoms with Crippen molar-refractivity contribution in [3.05, 3.63) is 69.2 Å². The van der Waals surface area contributed by atoms with Crippen LogP contribution in [-0.2, 0) is 19.3 Å². The molecule has 0 N–H and O–H groups in total. The molecule has 0 aliphatic heterocycles. The van der Waals surface area contributed by atoms with E-state index in [2.05, 4.69) is 65.3 Å². The van der Waals surface area contributed by atoms with Crippen molar-refractivity contribution in [1.29, 1.82) is 0 Å². The summed E-state index contributed by atoms with van der Waals surface area (Å²) in [6.45, 7) is 2.34. The van der Waals surface area contributed by atoms with Gasteiger partial charge in [0, 0.05) is 4.47 Å². The molecule has 1 heteroatoms. The number of halogens is 1. The highest BCUT2D eigenvalue weighted by Gasteiger charge is 2.16. The van der Waals surface area contributed by atoms with Gasteiger partial charge < -0.3 is 0 Å². The molecule has 0 bridgehead atoms. The number of rotatable bonds is 0. The molecule has 0 amide bonds. The van der Waals surface area contributed by atoms with Gasteiger partial charge in [-0.1, -0.05) is 53.2 Å². The summed E-state index contributed by atoms with van der Waals surface area (Å²) in [4.78, 5) is 0. The van der Waals surface area contributed by atoms with Crippen LogP contribution in [0.4, 0.5) is 0 Å². The highest BCUT2D eigenvalue weighted by atomic mass is 79.9. The van der Waals surface area contributed by atoms with E-state index in [1.807, 2.05) is 0 Å². The van der Waals surface area contributed by atoms with Crippen molar-refractivity contribution in [3.63, 3.8) is 0 Å². The molecule has 0 saturated carbocycles. The molecule has 0 fully saturated rings. The van der Waals surface area contributed by atoms with E-state index in [1.54, 1.807) is 0 Å². The van der Waals surface area contributed by atoms with Crippen LogP contribution in [0.2, 0.25) is 0 Å². The molecule has 1 unspecified atom stereocenters. The second kappa shape index (κ2) is 4.89. The molecule has 92 valence electrons. The summed E-state index contributed by atoms with van der Waals surface area (Å²) in [5, 5.41) is 0. The van der Waals surface area contributed by atoms with Gasteiger partial charge >= 0.3 is 0 Å². The summed E-state index contributed by atoms with van der Waals surface area (Å²) in [6, 6.07) is 15.6. The molecule has 0 spiro atoms. The Hall–Kier alpha value is -1.08. The molecule has 1 atom stereocenters. The van der Waals surface area contributed by atoms with Gasteiger partial charge in [0.2, 0.25) is 0 Å². The zero-order valence-corrected chi connectivity index (χ0v) is 12.2. The average molecular weight is 301 g/mol. The molecule has 0 nitrogen and oxygen atoms in total. The van der Waals surface area contributed by atoms with E-state index >= 15 is 0 Å². The van der Waals surface area contributed by atoms with E-state index in [-0.39, 0.29) is 0 Å². The molecule has 18 heavy (non-hydrogen) atoms. The first kappa shape index (κ1) is 12.0. The molecule has 3 rings (SSSR count). The summed E-state index contributed by atoms with van der Waals surface area (Å²) in [6.07, 6.45) is 3.47. The fourth-order valence-electron chi connectivity index (χ4n) is 2.98. The Kier molecular flexibility index (Phi) is 3.25. The molecule has 2 aromatic carbocycles. The Labute approximate surface area is 117 Å². The lowest BCUT2D eigenvalue weighted by atomic mass is 9.83. The largest absolute Gasteiger partial charge is 0.0620 e. The quantitative estimate of drug-likeness (QED) is 0.649. The fraction of sp³-hybridized carbons (Fsp3) is 0.294. The molecular weight excluding hydrogens is 284 g/mol. The second-order valence-electron chi connectivity index (χ2n) is 5.22. The minimum absolute atomic E-state index is 0.606. The Balaban J connectivity index is 2.04. The van der Waals surface area contributed by atoms with Crippen molar-refractivity contribution in [2.24, 2.45) is 0 Å². The molecule has 0 saturated heterocycles. The van der Waals surface area contributed by atoms with Crippen LogP contribution in [0.25, 0.3) is 0 Å². The van der Waals surface area contributed by atoms with Crippen LogP contribution in [0.5, 0.6) is 0 Å². The van der Waals surface area contributed by atoms with Crippen LogP contribution in [0.1, 0.15) is 35.1 Å². The third-order valence-corrected chi connectivity index (χ3v) is 4.44. The smallest absolute Gasteiger partial charge is 0.0178 e. The standard InChI is InChI=1S/C17H17Br/c1-12-10-14-5-3-2-4-13(14)6-7-15-11-16(18)8-9-17(12)15/h2-5,8-9,11-12H,6-7,10H2,1H3. The monoisotopic (exact) mass is 300 g/mol. The number of benzene rings is 2. The third kappa shape index (κ3) is 2.24. The van der Waals surface area contributed by atoms with Crippen LogP contribution in [0, 0.1) is 0 Å². The number of hydrogen-bond acceptors (Lipinski definition) is 0. The van der Waals surface area contributed by atoms with Crippen molar-refractivity contribution < 1.29 is 0 Å². The van der Waals surface area contributed by atoms with Gasteiger partial charge in [0.1, 0.15) is 0 Å². The summed E-state index contributed by atoms with van der Waals surface area (Å²) >= 11 is 3.59. The van der Waals surface area contributed by atoms with E-state index in [4.69, 9.17) is 0 Å². The zero-order valence-electron chi connectivity index (χ0n) is 10.6. The minimum Gasteiger partial charge on any atom is -0.0620 e. The van der Waals surface area contributed by atoms with E-state index in [0.717, 1.165) is 19.3 Å². The Morgan fingerprint density at radius 3 is 2.50 bits per heavy atom. The van der Waals surface area contributed by atoms with Crippen molar-refractivity contribution in [2.75, 3.05) is 0 Å². The first-order valence-corrected chi connectivity index (χ1v) is 7.38. The van der Waals surface area contributed by atoms with E-state index < -0.39 is 0 Å². The van der Waals surface area contributed by atoms with Crippen molar-refractivity contribution in [2.45, 2.75) is 32.1 Å². The van der Waals surface area contributed by atoms with Gasteiger partial charge in [-0.2, -0.15) is 0 Å². The molecule has 1 aliphatic carbocycles. The van der Waals surface area contributed by atoms with Gasteiger partial charge in [-0.3, -0.25) is 0 Å². The molecule has 1 aliphatic rings. The van der Waals surface area contributed by atoms with Gasteiger partial charge in [-0.25, -0.2) is 0 Å². The maximum atomic E-state index is 3.59. The normalized spacial score (nSPS) is 18.4. The van der Waals surface area contributed by atoms with Crippen molar-refractivity contribution >= 4 is 15.9 Å². The number of fused-ring (bicyclic) bond motifs is 2. The lowest BCUT2D eigenvalue weighted by Crippen LogP contribution is -2.10. The summed E-state index contributed by atoms with van der Waals surface area (Å²) in [5.41, 5.74) is 6.08. The lowest BCUT2D eigenvalue weighted by molar-refractivity contribution is 0.716. The zero-order chi connectivity index (χ0) is 12.5. The van der Waals surface area contributed by atoms with E-state index in [9.17, 15) is 0 Å². The van der Waals surface area contributed by atoms with Crippen LogP contribution in [0.15, 0.2) is 46.9 Å². The van der Waals surface area contributed by atoms with Crippen LogP contribution in [-0.4, -0.2) is 0 Å².